The fraction of sp³-hybridized carbons (Fsp3) is 0.588. The Balaban J connectivity index is 1.94. The molecule has 0 radical (unpaired) electrons. The zero-order valence-electron chi connectivity index (χ0n) is 15.7. The van der Waals surface area contributed by atoms with Gasteiger partial charge in [-0.3, -0.25) is 19.5 Å². The maximum atomic E-state index is 12.6. The Bertz CT molecular complexity index is 770. The van der Waals surface area contributed by atoms with Gasteiger partial charge in [0.15, 0.2) is 0 Å². The fourth-order valence-corrected chi connectivity index (χ4v) is 3.73. The summed E-state index contributed by atoms with van der Waals surface area (Å²) in [6.45, 7) is 4.91. The van der Waals surface area contributed by atoms with Crippen LogP contribution in [0.3, 0.4) is 0 Å². The molecule has 3 aliphatic rings. The van der Waals surface area contributed by atoms with E-state index in [9.17, 15) is 9.59 Å². The quantitative estimate of drug-likeness (QED) is 0.550. The third-order valence-corrected chi connectivity index (χ3v) is 5.06. The Labute approximate surface area is 157 Å². The van der Waals surface area contributed by atoms with Crippen LogP contribution >= 0.6 is 0 Å². The van der Waals surface area contributed by atoms with E-state index >= 15 is 0 Å². The highest BCUT2D eigenvalue weighted by atomic mass is 16.5. The Morgan fingerprint density at radius 2 is 2.22 bits per heavy atom. The normalized spacial score (nSPS) is 31.0. The second-order valence-electron chi connectivity index (χ2n) is 6.95. The summed E-state index contributed by atoms with van der Waals surface area (Å²) in [4.78, 5) is 39.0. The monoisotopic (exact) mass is 375 g/mol. The minimum absolute atomic E-state index is 0.120. The Hall–Kier alpha value is -2.75. The Morgan fingerprint density at radius 3 is 2.89 bits per heavy atom. The lowest BCUT2D eigenvalue weighted by atomic mass is 9.96. The number of aliphatic imine (C=N–C) groups is 3. The van der Waals surface area contributed by atoms with E-state index in [1.165, 1.54) is 0 Å². The standard InChI is InChI=1S/C17H25N7O3/c1-8-5-20-11(9(2)14(8)27-3)7-24-12(4-13(18)25)16(26)22-10-6-21-17(19)23-15(10)24/h6,8,10,12,15H,4-5,7H2,1-3H3,(H2,18,25)(H2,19,23)(H,22,26)/t8?,10?,12-,15?/m1/s1. The van der Waals surface area contributed by atoms with Gasteiger partial charge in [-0.2, -0.15) is 0 Å². The molecule has 10 nitrogen and oxygen atoms in total. The molecule has 1 fully saturated rings. The molecule has 0 aromatic carbocycles. The van der Waals surface area contributed by atoms with Crippen LogP contribution in [0.1, 0.15) is 20.3 Å². The number of guanidine groups is 1. The van der Waals surface area contributed by atoms with Crippen molar-refractivity contribution in [3.63, 3.8) is 0 Å². The molecular weight excluding hydrogens is 350 g/mol. The molecule has 2 amide bonds. The zero-order valence-corrected chi connectivity index (χ0v) is 15.7. The van der Waals surface area contributed by atoms with Crippen LogP contribution in [0.4, 0.5) is 0 Å². The molecule has 3 rings (SSSR count). The number of hydrogen-bond donors (Lipinski definition) is 3. The van der Waals surface area contributed by atoms with E-state index in [-0.39, 0.29) is 24.2 Å². The van der Waals surface area contributed by atoms with E-state index in [4.69, 9.17) is 16.2 Å². The molecule has 0 aromatic heterocycles. The van der Waals surface area contributed by atoms with Crippen molar-refractivity contribution in [1.82, 2.24) is 10.2 Å². The number of hydrogen-bond acceptors (Lipinski definition) is 8. The number of methoxy groups -OCH3 is 1. The Morgan fingerprint density at radius 1 is 1.48 bits per heavy atom. The molecule has 3 unspecified atom stereocenters. The fourth-order valence-electron chi connectivity index (χ4n) is 3.73. The number of piperazine rings is 1. The van der Waals surface area contributed by atoms with E-state index in [0.29, 0.717) is 13.1 Å². The molecule has 0 saturated carbocycles. The minimum Gasteiger partial charge on any atom is -0.500 e. The minimum atomic E-state index is -0.757. The number of ether oxygens (including phenoxy) is 1. The number of amides is 2. The molecule has 0 aliphatic carbocycles. The van der Waals surface area contributed by atoms with Gasteiger partial charge < -0.3 is 21.5 Å². The van der Waals surface area contributed by atoms with Crippen LogP contribution in [0.15, 0.2) is 26.3 Å². The first-order valence-corrected chi connectivity index (χ1v) is 8.82. The number of rotatable bonds is 5. The van der Waals surface area contributed by atoms with E-state index in [0.717, 1.165) is 17.0 Å². The molecule has 146 valence electrons. The first-order valence-electron chi connectivity index (χ1n) is 8.82. The Kier molecular flexibility index (Phi) is 5.26. The van der Waals surface area contributed by atoms with Crippen LogP contribution in [0.2, 0.25) is 0 Å². The van der Waals surface area contributed by atoms with Gasteiger partial charge in [-0.05, 0) is 6.92 Å². The van der Waals surface area contributed by atoms with Crippen LogP contribution in [-0.2, 0) is 14.3 Å². The van der Waals surface area contributed by atoms with Gasteiger partial charge in [-0.15, -0.1) is 0 Å². The lowest BCUT2D eigenvalue weighted by molar-refractivity contribution is -0.135. The molecule has 10 heteroatoms. The lowest BCUT2D eigenvalue weighted by Crippen LogP contribution is -2.67. The van der Waals surface area contributed by atoms with Crippen molar-refractivity contribution in [3.8, 4) is 0 Å². The van der Waals surface area contributed by atoms with Gasteiger partial charge in [0, 0.05) is 30.8 Å². The number of primary amides is 1. The van der Waals surface area contributed by atoms with Gasteiger partial charge >= 0.3 is 0 Å². The predicted molar refractivity (Wildman–Crippen MR) is 101 cm³/mol. The van der Waals surface area contributed by atoms with Gasteiger partial charge in [-0.1, -0.05) is 6.92 Å². The number of nitrogens with zero attached hydrogens (tertiary/aromatic N) is 4. The van der Waals surface area contributed by atoms with Crippen molar-refractivity contribution < 1.29 is 14.3 Å². The van der Waals surface area contributed by atoms with Gasteiger partial charge in [-0.25, -0.2) is 9.98 Å². The van der Waals surface area contributed by atoms with Crippen LogP contribution in [0.25, 0.3) is 0 Å². The van der Waals surface area contributed by atoms with Crippen LogP contribution in [0, 0.1) is 5.92 Å². The summed E-state index contributed by atoms with van der Waals surface area (Å²) in [6, 6.07) is -1.18. The number of fused-ring (bicyclic) bond motifs is 1. The predicted octanol–water partition coefficient (Wildman–Crippen LogP) is -1.23. The van der Waals surface area contributed by atoms with Crippen molar-refractivity contribution >= 4 is 29.7 Å². The maximum Gasteiger partial charge on any atom is 0.238 e. The zero-order chi connectivity index (χ0) is 19.7. The van der Waals surface area contributed by atoms with Crippen molar-refractivity contribution in [1.29, 1.82) is 0 Å². The van der Waals surface area contributed by atoms with Gasteiger partial charge in [0.05, 0.1) is 19.2 Å². The molecule has 27 heavy (non-hydrogen) atoms. The summed E-state index contributed by atoms with van der Waals surface area (Å²) in [5, 5.41) is 2.82. The highest BCUT2D eigenvalue weighted by Crippen LogP contribution is 2.26. The number of nitrogens with one attached hydrogen (secondary N) is 1. The number of nitrogens with two attached hydrogens (primary N) is 2. The summed E-state index contributed by atoms with van der Waals surface area (Å²) in [5.41, 5.74) is 12.9. The van der Waals surface area contributed by atoms with E-state index < -0.39 is 24.2 Å². The van der Waals surface area contributed by atoms with Crippen molar-refractivity contribution in [2.75, 3.05) is 20.2 Å². The highest BCUT2D eigenvalue weighted by molar-refractivity contribution is 6.03. The number of carbonyl (C=O) groups excluding carboxylic acids is 2. The second-order valence-corrected chi connectivity index (χ2v) is 6.95. The molecule has 4 atom stereocenters. The molecule has 0 bridgehead atoms. The van der Waals surface area contributed by atoms with Gasteiger partial charge in [0.25, 0.3) is 0 Å². The summed E-state index contributed by atoms with van der Waals surface area (Å²) in [7, 11) is 1.64. The molecule has 1 saturated heterocycles. The van der Waals surface area contributed by atoms with E-state index in [1.807, 2.05) is 18.7 Å². The topological polar surface area (TPSA) is 148 Å². The van der Waals surface area contributed by atoms with E-state index in [1.54, 1.807) is 13.3 Å². The summed E-state index contributed by atoms with van der Waals surface area (Å²) in [5.74, 6) is 0.324. The molecule has 3 heterocycles. The van der Waals surface area contributed by atoms with Crippen LogP contribution in [-0.4, -0.2) is 73.0 Å². The molecule has 5 N–H and O–H groups in total. The summed E-state index contributed by atoms with van der Waals surface area (Å²) in [6.07, 6.45) is 0.961. The van der Waals surface area contributed by atoms with Crippen molar-refractivity contribution in [2.24, 2.45) is 32.4 Å². The molecule has 0 spiro atoms. The molecule has 3 aliphatic heterocycles. The highest BCUT2D eigenvalue weighted by Gasteiger charge is 2.44. The summed E-state index contributed by atoms with van der Waals surface area (Å²) < 4.78 is 5.53. The number of carbonyl (C=O) groups is 2. The molecular formula is C17H25N7O3. The third-order valence-electron chi connectivity index (χ3n) is 5.06. The first-order chi connectivity index (χ1) is 12.8. The van der Waals surface area contributed by atoms with E-state index in [2.05, 4.69) is 20.3 Å². The lowest BCUT2D eigenvalue weighted by Gasteiger charge is -2.44. The van der Waals surface area contributed by atoms with Crippen LogP contribution in [0.5, 0.6) is 0 Å². The summed E-state index contributed by atoms with van der Waals surface area (Å²) >= 11 is 0. The van der Waals surface area contributed by atoms with Gasteiger partial charge in [0.1, 0.15) is 24.0 Å². The SMILES string of the molecule is COC1=C(C)C(CN2C3N=C(N)N=CC3NC(=O)[C@H]2CC(N)=O)=NCC1C. The average molecular weight is 375 g/mol. The van der Waals surface area contributed by atoms with Crippen LogP contribution < -0.4 is 16.8 Å². The smallest absolute Gasteiger partial charge is 0.238 e. The van der Waals surface area contributed by atoms with Crippen molar-refractivity contribution in [3.05, 3.63) is 11.3 Å². The maximum absolute atomic E-state index is 12.6. The van der Waals surface area contributed by atoms with Gasteiger partial charge in [0.2, 0.25) is 17.8 Å². The average Bonchev–Trinajstić information content (AvgIpc) is 2.60. The largest absolute Gasteiger partial charge is 0.500 e. The third kappa shape index (κ3) is 3.70. The van der Waals surface area contributed by atoms with Crippen molar-refractivity contribution in [2.45, 2.75) is 38.5 Å². The first kappa shape index (κ1) is 19.0. The molecule has 0 aromatic rings. The number of dihydropyridines is 1. The second kappa shape index (κ2) is 7.47.